The van der Waals surface area contributed by atoms with Crippen LogP contribution in [0.2, 0.25) is 0 Å². The van der Waals surface area contributed by atoms with Crippen molar-refractivity contribution < 1.29 is 8.42 Å². The van der Waals surface area contributed by atoms with Crippen molar-refractivity contribution in [1.29, 1.82) is 0 Å². The molecule has 3 heteroatoms. The molecular formula is C12H18O2S. The number of sulfone groups is 1. The zero-order valence-electron chi connectivity index (χ0n) is 9.96. The predicted molar refractivity (Wildman–Crippen MR) is 63.0 cm³/mol. The minimum absolute atomic E-state index is 0.0557. The summed E-state index contributed by atoms with van der Waals surface area (Å²) in [6.45, 7) is 8.32. The molecule has 0 aliphatic heterocycles. The van der Waals surface area contributed by atoms with Crippen LogP contribution in [0.3, 0.4) is 0 Å². The normalized spacial score (nSPS) is 12.9. The van der Waals surface area contributed by atoms with Gasteiger partial charge in [-0.15, -0.1) is 0 Å². The summed E-state index contributed by atoms with van der Waals surface area (Å²) < 4.78 is 22.7. The minimum Gasteiger partial charge on any atom is -0.224 e. The van der Waals surface area contributed by atoms with Gasteiger partial charge in [-0.25, -0.2) is 8.42 Å². The number of benzene rings is 1. The summed E-state index contributed by atoms with van der Waals surface area (Å²) in [5, 5.41) is 0. The maximum absolute atomic E-state index is 11.3. The van der Waals surface area contributed by atoms with E-state index in [0.29, 0.717) is 4.90 Å². The highest BCUT2D eigenvalue weighted by molar-refractivity contribution is 7.90. The van der Waals surface area contributed by atoms with E-state index in [2.05, 4.69) is 20.8 Å². The Morgan fingerprint density at radius 2 is 1.67 bits per heavy atom. The van der Waals surface area contributed by atoms with Gasteiger partial charge in [0.05, 0.1) is 4.90 Å². The Balaban J connectivity index is 3.34. The first-order chi connectivity index (χ1) is 6.62. The molecule has 0 heterocycles. The molecule has 84 valence electrons. The van der Waals surface area contributed by atoms with Crippen LogP contribution in [0.5, 0.6) is 0 Å². The van der Waals surface area contributed by atoms with Gasteiger partial charge in [0.25, 0.3) is 0 Å². The van der Waals surface area contributed by atoms with E-state index in [1.54, 1.807) is 12.1 Å². The van der Waals surface area contributed by atoms with Crippen molar-refractivity contribution in [3.05, 3.63) is 29.3 Å². The van der Waals surface area contributed by atoms with E-state index in [4.69, 9.17) is 0 Å². The summed E-state index contributed by atoms with van der Waals surface area (Å²) in [4.78, 5) is 0.396. The smallest absolute Gasteiger partial charge is 0.175 e. The summed E-state index contributed by atoms with van der Waals surface area (Å²) in [5.74, 6) is 0. The molecule has 0 unspecified atom stereocenters. The van der Waals surface area contributed by atoms with E-state index < -0.39 is 9.84 Å². The second-order valence-corrected chi connectivity index (χ2v) is 7.01. The molecular weight excluding hydrogens is 208 g/mol. The van der Waals surface area contributed by atoms with Gasteiger partial charge < -0.3 is 0 Å². The fraction of sp³-hybridized carbons (Fsp3) is 0.500. The first kappa shape index (κ1) is 12.2. The van der Waals surface area contributed by atoms with Gasteiger partial charge in [0.1, 0.15) is 0 Å². The highest BCUT2D eigenvalue weighted by Gasteiger charge is 2.17. The van der Waals surface area contributed by atoms with Gasteiger partial charge in [-0.05, 0) is 35.6 Å². The number of hydrogen-bond donors (Lipinski definition) is 0. The topological polar surface area (TPSA) is 34.1 Å². The van der Waals surface area contributed by atoms with Crippen LogP contribution < -0.4 is 0 Å². The van der Waals surface area contributed by atoms with Crippen molar-refractivity contribution in [2.75, 3.05) is 6.26 Å². The molecule has 0 bridgehead atoms. The first-order valence-electron chi connectivity index (χ1n) is 4.93. The number of aryl methyl sites for hydroxylation is 1. The summed E-state index contributed by atoms with van der Waals surface area (Å²) in [7, 11) is -3.09. The zero-order valence-corrected chi connectivity index (χ0v) is 10.8. The number of rotatable bonds is 1. The van der Waals surface area contributed by atoms with Gasteiger partial charge in [0.2, 0.25) is 0 Å². The van der Waals surface area contributed by atoms with E-state index in [0.717, 1.165) is 5.56 Å². The van der Waals surface area contributed by atoms with E-state index in [-0.39, 0.29) is 5.41 Å². The lowest BCUT2D eigenvalue weighted by Crippen LogP contribution is -2.13. The molecule has 0 aliphatic rings. The Morgan fingerprint density at radius 3 is 2.00 bits per heavy atom. The second-order valence-electron chi connectivity index (χ2n) is 5.00. The van der Waals surface area contributed by atoms with Gasteiger partial charge in [-0.2, -0.15) is 0 Å². The summed E-state index contributed by atoms with van der Waals surface area (Å²) in [6.07, 6.45) is 1.23. The Hall–Kier alpha value is -0.830. The third-order valence-corrected chi connectivity index (χ3v) is 3.54. The van der Waals surface area contributed by atoms with Crippen molar-refractivity contribution in [1.82, 2.24) is 0 Å². The van der Waals surface area contributed by atoms with Crippen LogP contribution in [0.1, 0.15) is 31.9 Å². The van der Waals surface area contributed by atoms with Crippen LogP contribution in [-0.2, 0) is 15.3 Å². The van der Waals surface area contributed by atoms with Gasteiger partial charge in [-0.1, -0.05) is 26.8 Å². The molecule has 1 aromatic rings. The molecule has 0 amide bonds. The van der Waals surface area contributed by atoms with E-state index in [1.165, 1.54) is 11.8 Å². The molecule has 0 saturated carbocycles. The molecule has 15 heavy (non-hydrogen) atoms. The maximum atomic E-state index is 11.3. The van der Waals surface area contributed by atoms with Crippen LogP contribution in [0, 0.1) is 6.92 Å². The van der Waals surface area contributed by atoms with Crippen LogP contribution >= 0.6 is 0 Å². The van der Waals surface area contributed by atoms with E-state index in [1.807, 2.05) is 13.0 Å². The van der Waals surface area contributed by atoms with Gasteiger partial charge in [0.15, 0.2) is 9.84 Å². The average Bonchev–Trinajstić information content (AvgIpc) is 1.99. The van der Waals surface area contributed by atoms with Gasteiger partial charge in [0, 0.05) is 6.26 Å². The maximum Gasteiger partial charge on any atom is 0.175 e. The fourth-order valence-electron chi connectivity index (χ4n) is 1.71. The highest BCUT2D eigenvalue weighted by atomic mass is 32.2. The Kier molecular flexibility index (Phi) is 2.97. The molecule has 0 fully saturated rings. The number of hydrogen-bond acceptors (Lipinski definition) is 2. The SMILES string of the molecule is Cc1cc(S(C)(=O)=O)ccc1C(C)(C)C. The summed E-state index contributed by atoms with van der Waals surface area (Å²) in [6, 6.07) is 5.34. The third-order valence-electron chi connectivity index (χ3n) is 2.43. The van der Waals surface area contributed by atoms with Crippen molar-refractivity contribution in [3.8, 4) is 0 Å². The quantitative estimate of drug-likeness (QED) is 0.738. The Morgan fingerprint density at radius 1 is 1.13 bits per heavy atom. The van der Waals surface area contributed by atoms with Gasteiger partial charge in [-0.3, -0.25) is 0 Å². The molecule has 0 radical (unpaired) electrons. The van der Waals surface area contributed by atoms with Crippen molar-refractivity contribution in [3.63, 3.8) is 0 Å². The minimum atomic E-state index is -3.09. The molecule has 0 N–H and O–H groups in total. The van der Waals surface area contributed by atoms with Crippen LogP contribution in [0.4, 0.5) is 0 Å². The average molecular weight is 226 g/mol. The molecule has 0 spiro atoms. The molecule has 0 aliphatic carbocycles. The van der Waals surface area contributed by atoms with Crippen molar-refractivity contribution >= 4 is 9.84 Å². The Labute approximate surface area is 92.2 Å². The molecule has 0 atom stereocenters. The lowest BCUT2D eigenvalue weighted by molar-refractivity contribution is 0.583. The van der Waals surface area contributed by atoms with Crippen molar-refractivity contribution in [2.24, 2.45) is 0 Å². The van der Waals surface area contributed by atoms with Crippen LogP contribution in [0.25, 0.3) is 0 Å². The van der Waals surface area contributed by atoms with E-state index >= 15 is 0 Å². The molecule has 0 saturated heterocycles. The third kappa shape index (κ3) is 2.81. The monoisotopic (exact) mass is 226 g/mol. The molecule has 2 nitrogen and oxygen atoms in total. The van der Waals surface area contributed by atoms with Crippen LogP contribution in [-0.4, -0.2) is 14.7 Å². The lowest BCUT2D eigenvalue weighted by atomic mass is 9.84. The first-order valence-corrected chi connectivity index (χ1v) is 6.83. The fourth-order valence-corrected chi connectivity index (χ4v) is 2.41. The lowest BCUT2D eigenvalue weighted by Gasteiger charge is -2.21. The van der Waals surface area contributed by atoms with Crippen LogP contribution in [0.15, 0.2) is 23.1 Å². The van der Waals surface area contributed by atoms with Crippen molar-refractivity contribution in [2.45, 2.75) is 38.0 Å². The predicted octanol–water partition coefficient (Wildman–Crippen LogP) is 2.70. The highest BCUT2D eigenvalue weighted by Crippen LogP contribution is 2.27. The molecule has 0 aromatic heterocycles. The summed E-state index contributed by atoms with van der Waals surface area (Å²) >= 11 is 0. The standard InChI is InChI=1S/C12H18O2S/c1-9-8-10(15(5,13)14)6-7-11(9)12(2,3)4/h6-8H,1-5H3. The van der Waals surface area contributed by atoms with Gasteiger partial charge >= 0.3 is 0 Å². The summed E-state index contributed by atoms with van der Waals surface area (Å²) in [5.41, 5.74) is 2.28. The molecule has 1 aromatic carbocycles. The zero-order chi connectivity index (χ0) is 11.9. The Bertz CT molecular complexity index is 465. The second kappa shape index (κ2) is 3.63. The van der Waals surface area contributed by atoms with E-state index in [9.17, 15) is 8.42 Å². The molecule has 1 rings (SSSR count). The largest absolute Gasteiger partial charge is 0.224 e.